The standard InChI is InChI=1S/C12H16FN3O3/c1-19-7-11-8(13)6-12(16(17)18)15(11)10-5-3-2-4-9(10)14/h2-5,8,11-12H,6-7,14H2,1H3. The molecule has 104 valence electrons. The fourth-order valence-corrected chi connectivity index (χ4v) is 2.47. The molecule has 1 aromatic carbocycles. The van der Waals surface area contributed by atoms with E-state index in [4.69, 9.17) is 10.5 Å². The lowest BCUT2D eigenvalue weighted by atomic mass is 10.2. The monoisotopic (exact) mass is 269 g/mol. The first kappa shape index (κ1) is 13.5. The van der Waals surface area contributed by atoms with Crippen LogP contribution in [-0.4, -0.2) is 37.0 Å². The highest BCUT2D eigenvalue weighted by Gasteiger charge is 2.48. The van der Waals surface area contributed by atoms with Crippen LogP contribution in [0.1, 0.15) is 6.42 Å². The van der Waals surface area contributed by atoms with Gasteiger partial charge in [0.05, 0.1) is 30.4 Å². The molecule has 1 aliphatic heterocycles. The van der Waals surface area contributed by atoms with Gasteiger partial charge in [-0.05, 0) is 12.1 Å². The number of para-hydroxylation sites is 2. The molecule has 7 heteroatoms. The van der Waals surface area contributed by atoms with Crippen molar-refractivity contribution in [2.75, 3.05) is 24.4 Å². The van der Waals surface area contributed by atoms with Crippen LogP contribution in [0.2, 0.25) is 0 Å². The van der Waals surface area contributed by atoms with Gasteiger partial charge in [0.25, 0.3) is 6.17 Å². The van der Waals surface area contributed by atoms with Crippen LogP contribution in [0.5, 0.6) is 0 Å². The fraction of sp³-hybridized carbons (Fsp3) is 0.500. The number of rotatable bonds is 4. The number of anilines is 2. The molecule has 1 aromatic rings. The van der Waals surface area contributed by atoms with Crippen LogP contribution in [-0.2, 0) is 4.74 Å². The quantitative estimate of drug-likeness (QED) is 0.508. The number of alkyl halides is 1. The summed E-state index contributed by atoms with van der Waals surface area (Å²) >= 11 is 0. The van der Waals surface area contributed by atoms with E-state index in [1.54, 1.807) is 24.3 Å². The second kappa shape index (κ2) is 5.40. The average molecular weight is 269 g/mol. The molecule has 1 saturated heterocycles. The van der Waals surface area contributed by atoms with Crippen molar-refractivity contribution in [2.45, 2.75) is 24.8 Å². The number of halogens is 1. The Morgan fingerprint density at radius 3 is 2.84 bits per heavy atom. The Morgan fingerprint density at radius 1 is 1.58 bits per heavy atom. The van der Waals surface area contributed by atoms with Crippen molar-refractivity contribution in [3.63, 3.8) is 0 Å². The molecule has 0 aromatic heterocycles. The molecule has 6 nitrogen and oxygen atoms in total. The van der Waals surface area contributed by atoms with Gasteiger partial charge in [-0.15, -0.1) is 0 Å². The van der Waals surface area contributed by atoms with Crippen LogP contribution in [0, 0.1) is 10.1 Å². The van der Waals surface area contributed by atoms with Gasteiger partial charge in [0.2, 0.25) is 0 Å². The van der Waals surface area contributed by atoms with E-state index in [0.29, 0.717) is 11.4 Å². The highest BCUT2D eigenvalue weighted by atomic mass is 19.1. The Labute approximate surface area is 110 Å². The Bertz CT molecular complexity index is 471. The minimum atomic E-state index is -1.31. The lowest BCUT2D eigenvalue weighted by Gasteiger charge is -2.28. The van der Waals surface area contributed by atoms with E-state index in [1.807, 2.05) is 0 Å². The molecular formula is C12H16FN3O3. The van der Waals surface area contributed by atoms with Gasteiger partial charge in [-0.1, -0.05) is 12.1 Å². The summed E-state index contributed by atoms with van der Waals surface area (Å²) in [6.45, 7) is 0.0832. The Balaban J connectivity index is 2.41. The first-order valence-corrected chi connectivity index (χ1v) is 5.95. The Morgan fingerprint density at radius 2 is 2.26 bits per heavy atom. The van der Waals surface area contributed by atoms with Crippen LogP contribution < -0.4 is 10.6 Å². The lowest BCUT2D eigenvalue weighted by Crippen LogP contribution is -2.44. The number of nitrogens with two attached hydrogens (primary N) is 1. The summed E-state index contributed by atoms with van der Waals surface area (Å²) in [6, 6.07) is 6.06. The van der Waals surface area contributed by atoms with Crippen LogP contribution in [0.3, 0.4) is 0 Å². The first-order chi connectivity index (χ1) is 9.06. The van der Waals surface area contributed by atoms with E-state index < -0.39 is 23.3 Å². The molecule has 1 heterocycles. The minimum absolute atomic E-state index is 0.0832. The number of hydrogen-bond donors (Lipinski definition) is 1. The van der Waals surface area contributed by atoms with E-state index >= 15 is 0 Å². The third kappa shape index (κ3) is 2.46. The van der Waals surface area contributed by atoms with E-state index in [2.05, 4.69) is 0 Å². The van der Waals surface area contributed by atoms with Gasteiger partial charge in [0, 0.05) is 12.0 Å². The zero-order valence-electron chi connectivity index (χ0n) is 10.5. The summed E-state index contributed by atoms with van der Waals surface area (Å²) in [6.07, 6.45) is -2.58. The van der Waals surface area contributed by atoms with Gasteiger partial charge in [0.1, 0.15) is 6.17 Å². The van der Waals surface area contributed by atoms with E-state index in [0.717, 1.165) is 0 Å². The van der Waals surface area contributed by atoms with Gasteiger partial charge in [-0.25, -0.2) is 4.39 Å². The smallest absolute Gasteiger partial charge is 0.290 e. The van der Waals surface area contributed by atoms with Crippen molar-refractivity contribution >= 4 is 11.4 Å². The van der Waals surface area contributed by atoms with Crippen molar-refractivity contribution < 1.29 is 14.1 Å². The first-order valence-electron chi connectivity index (χ1n) is 5.95. The summed E-state index contributed by atoms with van der Waals surface area (Å²) in [5, 5.41) is 11.1. The van der Waals surface area contributed by atoms with Crippen molar-refractivity contribution in [3.05, 3.63) is 34.4 Å². The molecule has 0 bridgehead atoms. The number of ether oxygens (including phenoxy) is 1. The summed E-state index contributed by atoms with van der Waals surface area (Å²) in [7, 11) is 1.44. The normalized spacial score (nSPS) is 26.6. The molecular weight excluding hydrogens is 253 g/mol. The van der Waals surface area contributed by atoms with E-state index in [1.165, 1.54) is 12.0 Å². The van der Waals surface area contributed by atoms with E-state index in [-0.39, 0.29) is 13.0 Å². The van der Waals surface area contributed by atoms with Crippen LogP contribution in [0.25, 0.3) is 0 Å². The molecule has 1 aliphatic rings. The third-order valence-electron chi connectivity index (χ3n) is 3.33. The molecule has 0 aliphatic carbocycles. The van der Waals surface area contributed by atoms with Crippen molar-refractivity contribution in [3.8, 4) is 0 Å². The van der Waals surface area contributed by atoms with Gasteiger partial charge < -0.3 is 10.5 Å². The largest absolute Gasteiger partial charge is 0.397 e. The van der Waals surface area contributed by atoms with Crippen molar-refractivity contribution in [2.24, 2.45) is 0 Å². The number of nitrogen functional groups attached to an aromatic ring is 1. The zero-order chi connectivity index (χ0) is 14.0. The molecule has 19 heavy (non-hydrogen) atoms. The van der Waals surface area contributed by atoms with Gasteiger partial charge in [-0.2, -0.15) is 0 Å². The number of methoxy groups -OCH3 is 1. The van der Waals surface area contributed by atoms with Crippen molar-refractivity contribution in [1.82, 2.24) is 0 Å². The second-order valence-corrected chi connectivity index (χ2v) is 4.51. The predicted molar refractivity (Wildman–Crippen MR) is 69.3 cm³/mol. The van der Waals surface area contributed by atoms with Crippen LogP contribution in [0.15, 0.2) is 24.3 Å². The second-order valence-electron chi connectivity index (χ2n) is 4.51. The van der Waals surface area contributed by atoms with Gasteiger partial charge in [0.15, 0.2) is 0 Å². The molecule has 2 rings (SSSR count). The zero-order valence-corrected chi connectivity index (χ0v) is 10.5. The topological polar surface area (TPSA) is 81.6 Å². The maximum absolute atomic E-state index is 14.0. The maximum atomic E-state index is 14.0. The lowest BCUT2D eigenvalue weighted by molar-refractivity contribution is -0.519. The highest BCUT2D eigenvalue weighted by molar-refractivity contribution is 5.68. The molecule has 0 spiro atoms. The minimum Gasteiger partial charge on any atom is -0.397 e. The molecule has 2 N–H and O–H groups in total. The predicted octanol–water partition coefficient (Wildman–Crippen LogP) is 1.43. The van der Waals surface area contributed by atoms with Gasteiger partial charge in [-0.3, -0.25) is 15.0 Å². The molecule has 3 unspecified atom stereocenters. The maximum Gasteiger partial charge on any atom is 0.290 e. The summed E-state index contributed by atoms with van der Waals surface area (Å²) in [5.74, 6) is 0. The summed E-state index contributed by atoms with van der Waals surface area (Å²) in [5.41, 5.74) is 6.71. The Hall–Kier alpha value is -1.89. The number of nitro groups is 1. The molecule has 0 radical (unpaired) electrons. The van der Waals surface area contributed by atoms with E-state index in [9.17, 15) is 14.5 Å². The number of hydrogen-bond acceptors (Lipinski definition) is 5. The third-order valence-corrected chi connectivity index (χ3v) is 3.33. The Kier molecular flexibility index (Phi) is 3.84. The average Bonchev–Trinajstić information content (AvgIpc) is 2.69. The number of nitrogens with zero attached hydrogens (tertiary/aromatic N) is 2. The summed E-state index contributed by atoms with van der Waals surface area (Å²) < 4.78 is 19.0. The fourth-order valence-electron chi connectivity index (χ4n) is 2.47. The SMILES string of the molecule is COCC1C(F)CC([N+](=O)[O-])N1c1ccccc1N. The summed E-state index contributed by atoms with van der Waals surface area (Å²) in [4.78, 5) is 12.1. The molecule has 0 saturated carbocycles. The molecule has 0 amide bonds. The van der Waals surface area contributed by atoms with Crippen LogP contribution in [0.4, 0.5) is 15.8 Å². The highest BCUT2D eigenvalue weighted by Crippen LogP contribution is 2.36. The number of benzene rings is 1. The van der Waals surface area contributed by atoms with Crippen LogP contribution >= 0.6 is 0 Å². The molecule has 1 fully saturated rings. The van der Waals surface area contributed by atoms with Crippen molar-refractivity contribution in [1.29, 1.82) is 0 Å². The van der Waals surface area contributed by atoms with Gasteiger partial charge >= 0.3 is 0 Å². The molecule has 3 atom stereocenters.